The van der Waals surface area contributed by atoms with E-state index in [1.807, 2.05) is 0 Å². The maximum absolute atomic E-state index is 5.90. The predicted molar refractivity (Wildman–Crippen MR) is 85.4 cm³/mol. The van der Waals surface area contributed by atoms with Crippen LogP contribution < -0.4 is 4.74 Å². The number of aryl methyl sites for hydroxylation is 2. The Morgan fingerprint density at radius 3 is 2.15 bits per heavy atom. The van der Waals surface area contributed by atoms with E-state index >= 15 is 0 Å². The Morgan fingerprint density at radius 2 is 1.55 bits per heavy atom. The molecule has 0 N–H and O–H groups in total. The summed E-state index contributed by atoms with van der Waals surface area (Å²) in [5.74, 6) is 0.930. The zero-order valence-electron chi connectivity index (χ0n) is 13.2. The van der Waals surface area contributed by atoms with E-state index in [-0.39, 0.29) is 5.41 Å². The van der Waals surface area contributed by atoms with Gasteiger partial charge in [-0.15, -0.1) is 0 Å². The van der Waals surface area contributed by atoms with Crippen molar-refractivity contribution < 1.29 is 4.74 Å². The zero-order chi connectivity index (χ0) is 14.8. The lowest BCUT2D eigenvalue weighted by atomic mass is 9.87. The molecule has 0 spiro atoms. The van der Waals surface area contributed by atoms with Gasteiger partial charge in [-0.25, -0.2) is 0 Å². The molecule has 106 valence electrons. The molecule has 0 radical (unpaired) electrons. The van der Waals surface area contributed by atoms with Crippen LogP contribution in [0.3, 0.4) is 0 Å². The van der Waals surface area contributed by atoms with Crippen molar-refractivity contribution in [3.8, 4) is 5.75 Å². The molecule has 0 aliphatic rings. The van der Waals surface area contributed by atoms with Crippen LogP contribution in [0.15, 0.2) is 42.5 Å². The van der Waals surface area contributed by atoms with E-state index in [2.05, 4.69) is 77.1 Å². The van der Waals surface area contributed by atoms with Gasteiger partial charge in [-0.3, -0.25) is 0 Å². The molecular formula is C19H24O. The van der Waals surface area contributed by atoms with Crippen LogP contribution in [0.2, 0.25) is 0 Å². The SMILES string of the molecule is Cc1ccc(C)c(COc2ccc(C(C)(C)C)cc2)c1. The molecule has 1 heteroatoms. The molecule has 20 heavy (non-hydrogen) atoms. The fourth-order valence-electron chi connectivity index (χ4n) is 2.17. The third-order valence-electron chi connectivity index (χ3n) is 3.62. The van der Waals surface area contributed by atoms with Crippen LogP contribution in [0, 0.1) is 13.8 Å². The van der Waals surface area contributed by atoms with Gasteiger partial charge in [0, 0.05) is 0 Å². The summed E-state index contributed by atoms with van der Waals surface area (Å²) in [5.41, 5.74) is 5.33. The van der Waals surface area contributed by atoms with E-state index in [1.165, 1.54) is 22.3 Å². The van der Waals surface area contributed by atoms with Gasteiger partial charge in [0.15, 0.2) is 0 Å². The van der Waals surface area contributed by atoms with E-state index in [1.54, 1.807) is 0 Å². The van der Waals surface area contributed by atoms with E-state index in [9.17, 15) is 0 Å². The molecule has 0 atom stereocenters. The minimum Gasteiger partial charge on any atom is -0.489 e. The third kappa shape index (κ3) is 3.63. The van der Waals surface area contributed by atoms with Crippen LogP contribution >= 0.6 is 0 Å². The Kier molecular flexibility index (Phi) is 4.17. The summed E-state index contributed by atoms with van der Waals surface area (Å²) in [5, 5.41) is 0. The van der Waals surface area contributed by atoms with Crippen LogP contribution in [0.4, 0.5) is 0 Å². The van der Waals surface area contributed by atoms with Crippen molar-refractivity contribution >= 4 is 0 Å². The molecule has 0 bridgehead atoms. The first-order chi connectivity index (χ1) is 9.36. The zero-order valence-corrected chi connectivity index (χ0v) is 13.2. The van der Waals surface area contributed by atoms with Crippen molar-refractivity contribution in [2.45, 2.75) is 46.6 Å². The summed E-state index contributed by atoms with van der Waals surface area (Å²) in [6.07, 6.45) is 0. The Morgan fingerprint density at radius 1 is 0.900 bits per heavy atom. The monoisotopic (exact) mass is 268 g/mol. The van der Waals surface area contributed by atoms with Gasteiger partial charge in [-0.2, -0.15) is 0 Å². The molecule has 2 rings (SSSR count). The summed E-state index contributed by atoms with van der Waals surface area (Å²) in [4.78, 5) is 0. The van der Waals surface area contributed by atoms with Gasteiger partial charge in [0.25, 0.3) is 0 Å². The van der Waals surface area contributed by atoms with Crippen LogP contribution in [-0.4, -0.2) is 0 Å². The molecule has 0 heterocycles. The number of rotatable bonds is 3. The lowest BCUT2D eigenvalue weighted by molar-refractivity contribution is 0.305. The van der Waals surface area contributed by atoms with Gasteiger partial charge in [0.1, 0.15) is 12.4 Å². The minimum absolute atomic E-state index is 0.186. The first-order valence-corrected chi connectivity index (χ1v) is 7.16. The Hall–Kier alpha value is -1.76. The van der Waals surface area contributed by atoms with Gasteiger partial charge in [0.2, 0.25) is 0 Å². The second-order valence-corrected chi connectivity index (χ2v) is 6.49. The first-order valence-electron chi connectivity index (χ1n) is 7.16. The maximum Gasteiger partial charge on any atom is 0.119 e. The molecule has 0 unspecified atom stereocenters. The van der Waals surface area contributed by atoms with Crippen molar-refractivity contribution in [2.75, 3.05) is 0 Å². The van der Waals surface area contributed by atoms with Gasteiger partial charge in [-0.1, -0.05) is 56.7 Å². The Balaban J connectivity index is 2.06. The number of benzene rings is 2. The van der Waals surface area contributed by atoms with Crippen LogP contribution in [0.5, 0.6) is 5.75 Å². The molecule has 2 aromatic carbocycles. The average Bonchev–Trinajstić information content (AvgIpc) is 2.39. The molecule has 1 nitrogen and oxygen atoms in total. The predicted octanol–water partition coefficient (Wildman–Crippen LogP) is 5.18. The van der Waals surface area contributed by atoms with E-state index in [4.69, 9.17) is 4.74 Å². The molecule has 0 saturated heterocycles. The largest absolute Gasteiger partial charge is 0.489 e. The molecule has 0 fully saturated rings. The molecule has 0 aliphatic heterocycles. The molecule has 0 saturated carbocycles. The van der Waals surface area contributed by atoms with Crippen molar-refractivity contribution in [2.24, 2.45) is 0 Å². The first kappa shape index (κ1) is 14.6. The van der Waals surface area contributed by atoms with Crippen molar-refractivity contribution in [1.29, 1.82) is 0 Å². The highest BCUT2D eigenvalue weighted by atomic mass is 16.5. The summed E-state index contributed by atoms with van der Waals surface area (Å²) in [7, 11) is 0. The third-order valence-corrected chi connectivity index (χ3v) is 3.62. The normalized spacial score (nSPS) is 11.4. The lowest BCUT2D eigenvalue weighted by Crippen LogP contribution is -2.10. The standard InChI is InChI=1S/C19H24O/c1-14-6-7-15(2)16(12-14)13-20-18-10-8-17(9-11-18)19(3,4)5/h6-12H,13H2,1-5H3. The van der Waals surface area contributed by atoms with Crippen molar-refractivity contribution in [1.82, 2.24) is 0 Å². The fourth-order valence-corrected chi connectivity index (χ4v) is 2.17. The molecule has 0 aliphatic carbocycles. The van der Waals surface area contributed by atoms with Gasteiger partial charge in [0.05, 0.1) is 0 Å². The topological polar surface area (TPSA) is 9.23 Å². The minimum atomic E-state index is 0.186. The van der Waals surface area contributed by atoms with Crippen molar-refractivity contribution in [3.05, 3.63) is 64.7 Å². The van der Waals surface area contributed by atoms with Crippen LogP contribution in [0.1, 0.15) is 43.0 Å². The van der Waals surface area contributed by atoms with Gasteiger partial charge >= 0.3 is 0 Å². The second-order valence-electron chi connectivity index (χ2n) is 6.49. The quantitative estimate of drug-likeness (QED) is 0.745. The second kappa shape index (κ2) is 5.70. The van der Waals surface area contributed by atoms with Gasteiger partial charge < -0.3 is 4.74 Å². The summed E-state index contributed by atoms with van der Waals surface area (Å²) in [6, 6.07) is 14.9. The van der Waals surface area contributed by atoms with Crippen molar-refractivity contribution in [3.63, 3.8) is 0 Å². The fraction of sp³-hybridized carbons (Fsp3) is 0.368. The molecule has 2 aromatic rings. The highest BCUT2D eigenvalue weighted by Gasteiger charge is 2.12. The Bertz CT molecular complexity index is 574. The number of hydrogen-bond acceptors (Lipinski definition) is 1. The highest BCUT2D eigenvalue weighted by Crippen LogP contribution is 2.24. The number of hydrogen-bond donors (Lipinski definition) is 0. The summed E-state index contributed by atoms with van der Waals surface area (Å²) in [6.45, 7) is 11.5. The summed E-state index contributed by atoms with van der Waals surface area (Å²) < 4.78 is 5.90. The lowest BCUT2D eigenvalue weighted by Gasteiger charge is -2.19. The van der Waals surface area contributed by atoms with Crippen LogP contribution in [0.25, 0.3) is 0 Å². The van der Waals surface area contributed by atoms with Gasteiger partial charge in [-0.05, 0) is 48.1 Å². The van der Waals surface area contributed by atoms with E-state index in [0.717, 1.165) is 5.75 Å². The average molecular weight is 268 g/mol. The van der Waals surface area contributed by atoms with E-state index < -0.39 is 0 Å². The van der Waals surface area contributed by atoms with Crippen LogP contribution in [-0.2, 0) is 12.0 Å². The van der Waals surface area contributed by atoms with E-state index in [0.29, 0.717) is 6.61 Å². The smallest absolute Gasteiger partial charge is 0.119 e. The highest BCUT2D eigenvalue weighted by molar-refractivity contribution is 5.33. The maximum atomic E-state index is 5.90. The number of ether oxygens (including phenoxy) is 1. The Labute approximate surface area is 122 Å². The molecule has 0 aromatic heterocycles. The molecular weight excluding hydrogens is 244 g/mol. The molecule has 0 amide bonds. The summed E-state index contributed by atoms with van der Waals surface area (Å²) >= 11 is 0.